The molecule has 158 valence electrons. The molecule has 0 fully saturated rings. The highest BCUT2D eigenvalue weighted by molar-refractivity contribution is 14.0. The molecule has 1 heterocycles. The minimum atomic E-state index is 0. The lowest BCUT2D eigenvalue weighted by atomic mass is 10.1. The van der Waals surface area contributed by atoms with Gasteiger partial charge in [-0.15, -0.1) is 24.0 Å². The third-order valence-electron chi connectivity index (χ3n) is 4.09. The van der Waals surface area contributed by atoms with Gasteiger partial charge < -0.3 is 21.1 Å². The number of benzene rings is 1. The van der Waals surface area contributed by atoms with Gasteiger partial charge in [0.15, 0.2) is 5.96 Å². The van der Waals surface area contributed by atoms with E-state index in [1.165, 1.54) is 0 Å². The van der Waals surface area contributed by atoms with Crippen LogP contribution in [0.1, 0.15) is 31.5 Å². The highest BCUT2D eigenvalue weighted by Crippen LogP contribution is 2.21. The number of nitrogens with one attached hydrogen (secondary N) is 2. The van der Waals surface area contributed by atoms with Gasteiger partial charge in [-0.05, 0) is 38.8 Å². The number of para-hydroxylation sites is 1. The van der Waals surface area contributed by atoms with Gasteiger partial charge >= 0.3 is 0 Å². The molecular formula is C20H30IN7O. The first kappa shape index (κ1) is 24.7. The SMILES string of the molecule is CCNC(=NCCCc1nn(-c2ccccc2)c(N)c1C#N)NC(C)COC.I. The van der Waals surface area contributed by atoms with Gasteiger partial charge in [0, 0.05) is 26.2 Å². The molecule has 4 N–H and O–H groups in total. The van der Waals surface area contributed by atoms with E-state index in [1.807, 2.05) is 44.2 Å². The summed E-state index contributed by atoms with van der Waals surface area (Å²) in [4.78, 5) is 4.58. The number of nitrogen functional groups attached to an aromatic ring is 1. The van der Waals surface area contributed by atoms with E-state index in [0.717, 1.165) is 24.6 Å². The number of nitrogens with two attached hydrogens (primary N) is 1. The van der Waals surface area contributed by atoms with Crippen molar-refractivity contribution < 1.29 is 4.74 Å². The first-order valence-electron chi connectivity index (χ1n) is 9.47. The number of aromatic nitrogens is 2. The van der Waals surface area contributed by atoms with Gasteiger partial charge in [-0.1, -0.05) is 18.2 Å². The number of guanidine groups is 1. The van der Waals surface area contributed by atoms with Crippen LogP contribution in [0.3, 0.4) is 0 Å². The summed E-state index contributed by atoms with van der Waals surface area (Å²) in [5, 5.41) is 20.5. The Morgan fingerprint density at radius 2 is 2.10 bits per heavy atom. The van der Waals surface area contributed by atoms with Crippen molar-refractivity contribution >= 4 is 35.8 Å². The second-order valence-electron chi connectivity index (χ2n) is 6.43. The largest absolute Gasteiger partial charge is 0.383 e. The fourth-order valence-electron chi connectivity index (χ4n) is 2.82. The second kappa shape index (κ2) is 13.0. The van der Waals surface area contributed by atoms with Crippen LogP contribution in [0.25, 0.3) is 5.69 Å². The predicted molar refractivity (Wildman–Crippen MR) is 127 cm³/mol. The molecule has 1 atom stereocenters. The first-order chi connectivity index (χ1) is 13.6. The van der Waals surface area contributed by atoms with Crippen molar-refractivity contribution in [1.29, 1.82) is 5.26 Å². The maximum atomic E-state index is 9.48. The standard InChI is InChI=1S/C20H29N7O.HI/c1-4-23-20(25-15(2)14-28-3)24-12-8-11-18-17(13-21)19(22)27(26-18)16-9-6-5-7-10-16;/h5-7,9-10,15H,4,8,11-12,14,22H2,1-3H3,(H2,23,24,25);1H. The lowest BCUT2D eigenvalue weighted by Crippen LogP contribution is -2.44. The third-order valence-corrected chi connectivity index (χ3v) is 4.09. The molecule has 0 spiro atoms. The van der Waals surface area contributed by atoms with Gasteiger partial charge in [0.25, 0.3) is 0 Å². The Morgan fingerprint density at radius 3 is 2.72 bits per heavy atom. The van der Waals surface area contributed by atoms with Gasteiger partial charge in [0.2, 0.25) is 0 Å². The monoisotopic (exact) mass is 511 g/mol. The smallest absolute Gasteiger partial charge is 0.191 e. The minimum Gasteiger partial charge on any atom is -0.383 e. The van der Waals surface area contributed by atoms with Gasteiger partial charge in [-0.25, -0.2) is 4.68 Å². The van der Waals surface area contributed by atoms with E-state index in [4.69, 9.17) is 10.5 Å². The quantitative estimate of drug-likeness (QED) is 0.206. The molecule has 0 aliphatic rings. The van der Waals surface area contributed by atoms with Gasteiger partial charge in [0.1, 0.15) is 17.5 Å². The topological polar surface area (TPSA) is 113 Å². The summed E-state index contributed by atoms with van der Waals surface area (Å²) < 4.78 is 6.76. The zero-order chi connectivity index (χ0) is 20.4. The number of aliphatic imine (C=N–C) groups is 1. The Hall–Kier alpha value is -2.32. The van der Waals surface area contributed by atoms with E-state index in [-0.39, 0.29) is 30.0 Å². The molecule has 0 saturated carbocycles. The zero-order valence-corrected chi connectivity index (χ0v) is 19.5. The van der Waals surface area contributed by atoms with Crippen LogP contribution in [0.15, 0.2) is 35.3 Å². The molecule has 0 saturated heterocycles. The zero-order valence-electron chi connectivity index (χ0n) is 17.2. The van der Waals surface area contributed by atoms with Crippen LogP contribution in [0.5, 0.6) is 0 Å². The fraction of sp³-hybridized carbons (Fsp3) is 0.450. The predicted octanol–water partition coefficient (Wildman–Crippen LogP) is 2.47. The second-order valence-corrected chi connectivity index (χ2v) is 6.43. The van der Waals surface area contributed by atoms with E-state index in [1.54, 1.807) is 11.8 Å². The number of nitriles is 1. The molecule has 0 aliphatic carbocycles. The molecule has 29 heavy (non-hydrogen) atoms. The Labute approximate surface area is 189 Å². The summed E-state index contributed by atoms with van der Waals surface area (Å²) in [6, 6.07) is 11.9. The molecule has 1 aromatic heterocycles. The van der Waals surface area contributed by atoms with E-state index >= 15 is 0 Å². The Morgan fingerprint density at radius 1 is 1.38 bits per heavy atom. The third kappa shape index (κ3) is 7.21. The average Bonchev–Trinajstić information content (AvgIpc) is 3.01. The highest BCUT2D eigenvalue weighted by atomic mass is 127. The van der Waals surface area contributed by atoms with E-state index < -0.39 is 0 Å². The minimum absolute atomic E-state index is 0. The summed E-state index contributed by atoms with van der Waals surface area (Å²) in [7, 11) is 1.68. The highest BCUT2D eigenvalue weighted by Gasteiger charge is 2.16. The molecule has 1 unspecified atom stereocenters. The Balaban J connectivity index is 0.00000420. The molecule has 8 nitrogen and oxygen atoms in total. The van der Waals surface area contributed by atoms with E-state index in [9.17, 15) is 5.26 Å². The lowest BCUT2D eigenvalue weighted by molar-refractivity contribution is 0.179. The van der Waals surface area contributed by atoms with Crippen LogP contribution in [0.2, 0.25) is 0 Å². The summed E-state index contributed by atoms with van der Waals surface area (Å²) in [5.41, 5.74) is 8.12. The van der Waals surface area contributed by atoms with Crippen molar-refractivity contribution in [2.75, 3.05) is 32.5 Å². The maximum absolute atomic E-state index is 9.48. The van der Waals surface area contributed by atoms with Crippen LogP contribution < -0.4 is 16.4 Å². The van der Waals surface area contributed by atoms with Gasteiger partial charge in [-0.3, -0.25) is 4.99 Å². The number of nitrogens with zero attached hydrogens (tertiary/aromatic N) is 4. The number of hydrogen-bond acceptors (Lipinski definition) is 5. The number of rotatable bonds is 9. The van der Waals surface area contributed by atoms with E-state index in [0.29, 0.717) is 36.6 Å². The number of methoxy groups -OCH3 is 1. The fourth-order valence-corrected chi connectivity index (χ4v) is 2.82. The number of aryl methyl sites for hydroxylation is 1. The van der Waals surface area contributed by atoms with Crippen molar-refractivity contribution in [2.45, 2.75) is 32.7 Å². The molecule has 0 radical (unpaired) electrons. The maximum Gasteiger partial charge on any atom is 0.191 e. The number of halogens is 1. The van der Waals surface area contributed by atoms with Crippen molar-refractivity contribution in [2.24, 2.45) is 4.99 Å². The van der Waals surface area contributed by atoms with Crippen LogP contribution in [-0.4, -0.2) is 48.6 Å². The molecule has 1 aromatic carbocycles. The van der Waals surface area contributed by atoms with Crippen molar-refractivity contribution in [3.63, 3.8) is 0 Å². The van der Waals surface area contributed by atoms with Crippen molar-refractivity contribution in [1.82, 2.24) is 20.4 Å². The van der Waals surface area contributed by atoms with Crippen LogP contribution >= 0.6 is 24.0 Å². The first-order valence-corrected chi connectivity index (χ1v) is 9.47. The molecule has 9 heteroatoms. The molecule has 0 aliphatic heterocycles. The summed E-state index contributed by atoms with van der Waals surface area (Å²) in [6.45, 7) is 6.05. The Bertz CT molecular complexity index is 814. The van der Waals surface area contributed by atoms with Crippen LogP contribution in [0.4, 0.5) is 5.82 Å². The van der Waals surface area contributed by atoms with Crippen LogP contribution in [0, 0.1) is 11.3 Å². The van der Waals surface area contributed by atoms with Crippen molar-refractivity contribution in [3.8, 4) is 11.8 Å². The average molecular weight is 511 g/mol. The number of anilines is 1. The summed E-state index contributed by atoms with van der Waals surface area (Å²) >= 11 is 0. The van der Waals surface area contributed by atoms with E-state index in [2.05, 4.69) is 26.8 Å². The lowest BCUT2D eigenvalue weighted by Gasteiger charge is -2.16. The number of hydrogen-bond donors (Lipinski definition) is 3. The molecule has 0 bridgehead atoms. The summed E-state index contributed by atoms with van der Waals surface area (Å²) in [6.07, 6.45) is 1.39. The Kier molecular flexibility index (Phi) is 11.1. The van der Waals surface area contributed by atoms with Gasteiger partial charge in [-0.2, -0.15) is 10.4 Å². The van der Waals surface area contributed by atoms with Gasteiger partial charge in [0.05, 0.1) is 18.0 Å². The molecule has 2 rings (SSSR count). The molecule has 0 amide bonds. The van der Waals surface area contributed by atoms with Crippen LogP contribution in [-0.2, 0) is 11.2 Å². The normalized spacial score (nSPS) is 12.0. The number of ether oxygens (including phenoxy) is 1. The molecular weight excluding hydrogens is 481 g/mol. The summed E-state index contributed by atoms with van der Waals surface area (Å²) in [5.74, 6) is 1.12. The molecule has 2 aromatic rings. The van der Waals surface area contributed by atoms with Crippen molar-refractivity contribution in [3.05, 3.63) is 41.6 Å².